The highest BCUT2D eigenvalue weighted by atomic mass is 16.5. The Labute approximate surface area is 170 Å². The van der Waals surface area contributed by atoms with E-state index in [0.717, 1.165) is 12.8 Å². The lowest BCUT2D eigenvalue weighted by atomic mass is 9.98. The molecule has 0 saturated carbocycles. The molecule has 0 radical (unpaired) electrons. The minimum Gasteiger partial charge on any atom is -0.507 e. The Morgan fingerprint density at radius 3 is 2.48 bits per heavy atom. The molecular formula is C23H26N2O4. The Bertz CT molecular complexity index is 904. The molecule has 152 valence electrons. The zero-order chi connectivity index (χ0) is 21.0. The van der Waals surface area contributed by atoms with E-state index in [2.05, 4.69) is 4.98 Å². The maximum absolute atomic E-state index is 12.8. The van der Waals surface area contributed by atoms with Gasteiger partial charge in [-0.2, -0.15) is 0 Å². The molecule has 1 saturated heterocycles. The van der Waals surface area contributed by atoms with Crippen LogP contribution in [0.3, 0.4) is 0 Å². The number of amides is 1. The van der Waals surface area contributed by atoms with E-state index in [9.17, 15) is 14.7 Å². The van der Waals surface area contributed by atoms with E-state index in [1.807, 2.05) is 20.8 Å². The molecule has 1 aromatic carbocycles. The van der Waals surface area contributed by atoms with Gasteiger partial charge in [-0.15, -0.1) is 0 Å². The number of aliphatic hydroxyl groups excluding tert-OH is 1. The highest BCUT2D eigenvalue weighted by Crippen LogP contribution is 2.38. The number of ketones is 1. The van der Waals surface area contributed by atoms with Crippen molar-refractivity contribution in [1.82, 2.24) is 9.88 Å². The Hall–Kier alpha value is -3.15. The first-order chi connectivity index (χ1) is 13.9. The van der Waals surface area contributed by atoms with Crippen LogP contribution in [0.2, 0.25) is 0 Å². The summed E-state index contributed by atoms with van der Waals surface area (Å²) in [6.45, 7) is 6.31. The lowest BCUT2D eigenvalue weighted by Crippen LogP contribution is -2.31. The number of pyridine rings is 1. The molecule has 1 aliphatic heterocycles. The fourth-order valence-electron chi connectivity index (χ4n) is 3.40. The predicted octanol–water partition coefficient (Wildman–Crippen LogP) is 4.09. The van der Waals surface area contributed by atoms with Gasteiger partial charge in [0.1, 0.15) is 17.6 Å². The Kier molecular flexibility index (Phi) is 6.32. The number of benzene rings is 1. The molecule has 1 N–H and O–H groups in total. The number of aromatic nitrogens is 1. The maximum atomic E-state index is 12.8. The van der Waals surface area contributed by atoms with E-state index >= 15 is 0 Å². The van der Waals surface area contributed by atoms with Crippen LogP contribution in [0.25, 0.3) is 5.76 Å². The number of rotatable bonds is 7. The Morgan fingerprint density at radius 1 is 1.17 bits per heavy atom. The average molecular weight is 394 g/mol. The largest absolute Gasteiger partial charge is 0.507 e. The first kappa shape index (κ1) is 20.6. The van der Waals surface area contributed by atoms with E-state index in [-0.39, 0.29) is 17.4 Å². The highest BCUT2D eigenvalue weighted by Gasteiger charge is 2.46. The molecule has 1 aliphatic rings. The van der Waals surface area contributed by atoms with Crippen molar-refractivity contribution in [2.45, 2.75) is 45.8 Å². The zero-order valence-corrected chi connectivity index (χ0v) is 17.0. The van der Waals surface area contributed by atoms with Crippen LogP contribution < -0.4 is 4.74 Å². The van der Waals surface area contributed by atoms with Gasteiger partial charge in [-0.05, 0) is 56.7 Å². The molecule has 1 unspecified atom stereocenters. The molecule has 2 aromatic rings. The predicted molar refractivity (Wildman–Crippen MR) is 110 cm³/mol. The number of aliphatic hydroxyl groups is 1. The van der Waals surface area contributed by atoms with Gasteiger partial charge in [0, 0.05) is 18.3 Å². The highest BCUT2D eigenvalue weighted by molar-refractivity contribution is 6.46. The summed E-state index contributed by atoms with van der Waals surface area (Å²) in [5.41, 5.74) is 1.09. The second kappa shape index (κ2) is 8.90. The maximum Gasteiger partial charge on any atom is 0.295 e. The summed E-state index contributed by atoms with van der Waals surface area (Å²) in [7, 11) is 0. The summed E-state index contributed by atoms with van der Waals surface area (Å²) in [5, 5.41) is 11.0. The summed E-state index contributed by atoms with van der Waals surface area (Å²) >= 11 is 0. The lowest BCUT2D eigenvalue weighted by Gasteiger charge is -2.24. The third-order valence-corrected chi connectivity index (χ3v) is 4.76. The van der Waals surface area contributed by atoms with E-state index < -0.39 is 17.7 Å². The number of carbonyl (C=O) groups excluding carboxylic acids is 2. The van der Waals surface area contributed by atoms with Crippen molar-refractivity contribution in [3.05, 3.63) is 65.5 Å². The molecular weight excluding hydrogens is 368 g/mol. The number of carbonyl (C=O) groups is 2. The second-order valence-electron chi connectivity index (χ2n) is 7.29. The van der Waals surface area contributed by atoms with Crippen LogP contribution in [-0.4, -0.2) is 39.3 Å². The standard InChI is InChI=1S/C23H26N2O4/c1-4-5-14-25-20(18-8-6-7-13-24-18)19(22(27)23(25)28)21(26)16-9-11-17(12-10-16)29-15(2)3/h6-13,15,20,26H,4-5,14H2,1-3H3/b21-19-. The third-order valence-electron chi connectivity index (χ3n) is 4.76. The molecule has 3 rings (SSSR count). The van der Waals surface area contributed by atoms with Crippen LogP contribution in [-0.2, 0) is 9.59 Å². The first-order valence-corrected chi connectivity index (χ1v) is 9.90. The quantitative estimate of drug-likeness (QED) is 0.435. The van der Waals surface area contributed by atoms with Crippen molar-refractivity contribution in [3.8, 4) is 5.75 Å². The van der Waals surface area contributed by atoms with E-state index in [1.165, 1.54) is 4.90 Å². The van der Waals surface area contributed by atoms with Crippen LogP contribution in [0, 0.1) is 0 Å². The van der Waals surface area contributed by atoms with Gasteiger partial charge in [0.15, 0.2) is 0 Å². The molecule has 0 aliphatic carbocycles. The normalized spacial score (nSPS) is 18.5. The number of nitrogens with zero attached hydrogens (tertiary/aromatic N) is 2. The van der Waals surface area contributed by atoms with Crippen molar-refractivity contribution in [2.75, 3.05) is 6.54 Å². The molecule has 1 fully saturated rings. The first-order valence-electron chi connectivity index (χ1n) is 9.90. The van der Waals surface area contributed by atoms with Crippen LogP contribution in [0.4, 0.5) is 0 Å². The number of unbranched alkanes of at least 4 members (excludes halogenated alkanes) is 1. The summed E-state index contributed by atoms with van der Waals surface area (Å²) in [4.78, 5) is 31.4. The van der Waals surface area contributed by atoms with Crippen molar-refractivity contribution >= 4 is 17.4 Å². The molecule has 29 heavy (non-hydrogen) atoms. The average Bonchev–Trinajstić information content (AvgIpc) is 2.97. The SMILES string of the molecule is CCCCN1C(=O)C(=O)/C(=C(\O)c2ccc(OC(C)C)cc2)C1c1ccccn1. The van der Waals surface area contributed by atoms with Gasteiger partial charge in [-0.25, -0.2) is 0 Å². The molecule has 0 bridgehead atoms. The fourth-order valence-corrected chi connectivity index (χ4v) is 3.40. The van der Waals surface area contributed by atoms with Gasteiger partial charge in [0.25, 0.3) is 11.7 Å². The van der Waals surface area contributed by atoms with Crippen LogP contribution in [0.1, 0.15) is 50.9 Å². The number of hydrogen-bond acceptors (Lipinski definition) is 5. The summed E-state index contributed by atoms with van der Waals surface area (Å²) in [6.07, 6.45) is 3.29. The molecule has 2 heterocycles. The van der Waals surface area contributed by atoms with Crippen molar-refractivity contribution < 1.29 is 19.4 Å². The number of Topliss-reactive ketones (excluding diaryl/α,β-unsaturated/α-hetero) is 1. The van der Waals surface area contributed by atoms with Crippen molar-refractivity contribution in [1.29, 1.82) is 0 Å². The minimum atomic E-state index is -0.700. The van der Waals surface area contributed by atoms with Crippen LogP contribution in [0.15, 0.2) is 54.2 Å². The van der Waals surface area contributed by atoms with E-state index in [1.54, 1.807) is 48.7 Å². The minimum absolute atomic E-state index is 0.0301. The van der Waals surface area contributed by atoms with Gasteiger partial charge in [-0.1, -0.05) is 19.4 Å². The molecule has 1 atom stereocenters. The smallest absolute Gasteiger partial charge is 0.295 e. The summed E-state index contributed by atoms with van der Waals surface area (Å²) < 4.78 is 5.63. The van der Waals surface area contributed by atoms with Gasteiger partial charge < -0.3 is 14.7 Å². The number of ether oxygens (including phenoxy) is 1. The molecule has 1 aromatic heterocycles. The fraction of sp³-hybridized carbons (Fsp3) is 0.348. The van der Waals surface area contributed by atoms with Crippen molar-refractivity contribution in [3.63, 3.8) is 0 Å². The Morgan fingerprint density at radius 2 is 1.90 bits per heavy atom. The topological polar surface area (TPSA) is 79.7 Å². The number of hydrogen-bond donors (Lipinski definition) is 1. The van der Waals surface area contributed by atoms with Gasteiger partial charge >= 0.3 is 0 Å². The Balaban J connectivity index is 2.05. The molecule has 6 nitrogen and oxygen atoms in total. The van der Waals surface area contributed by atoms with Gasteiger partial charge in [0.2, 0.25) is 0 Å². The molecule has 6 heteroatoms. The van der Waals surface area contributed by atoms with E-state index in [0.29, 0.717) is 23.6 Å². The lowest BCUT2D eigenvalue weighted by molar-refractivity contribution is -0.140. The molecule has 1 amide bonds. The van der Waals surface area contributed by atoms with E-state index in [4.69, 9.17) is 4.74 Å². The monoisotopic (exact) mass is 394 g/mol. The van der Waals surface area contributed by atoms with Crippen LogP contribution >= 0.6 is 0 Å². The summed E-state index contributed by atoms with van der Waals surface area (Å²) in [5.74, 6) is -0.817. The summed E-state index contributed by atoms with van der Waals surface area (Å²) in [6, 6.07) is 11.5. The van der Waals surface area contributed by atoms with Gasteiger partial charge in [-0.3, -0.25) is 14.6 Å². The van der Waals surface area contributed by atoms with Gasteiger partial charge in [0.05, 0.1) is 17.4 Å². The third kappa shape index (κ3) is 4.31. The molecule has 0 spiro atoms. The number of likely N-dealkylation sites (tertiary alicyclic amines) is 1. The van der Waals surface area contributed by atoms with Crippen molar-refractivity contribution in [2.24, 2.45) is 0 Å². The van der Waals surface area contributed by atoms with Crippen LogP contribution in [0.5, 0.6) is 5.75 Å². The zero-order valence-electron chi connectivity index (χ0n) is 17.0. The second-order valence-corrected chi connectivity index (χ2v) is 7.29.